The largest absolute Gasteiger partial charge is 0.436 e. The second-order valence-electron chi connectivity index (χ2n) is 6.41. The van der Waals surface area contributed by atoms with Gasteiger partial charge < -0.3 is 4.74 Å². The molecule has 0 aliphatic carbocycles. The standard InChI is InChI=1S/C20H16Cl2N2O2/c1-11-8-13-6-7-24-17(14(13)9-12(11)2)10-18(23-20(24)25)26-19-15(21)4-3-5-16(19)22/h3-5,8-10H,6-7H2,1-2H3. The van der Waals surface area contributed by atoms with Gasteiger partial charge in [-0.1, -0.05) is 35.3 Å². The van der Waals surface area contributed by atoms with Crippen LogP contribution in [0.3, 0.4) is 0 Å². The summed E-state index contributed by atoms with van der Waals surface area (Å²) in [5.41, 5.74) is 5.14. The van der Waals surface area contributed by atoms with E-state index in [4.69, 9.17) is 27.9 Å². The number of fused-ring (bicyclic) bond motifs is 3. The smallest absolute Gasteiger partial charge is 0.351 e. The maximum absolute atomic E-state index is 12.5. The zero-order chi connectivity index (χ0) is 18.4. The summed E-state index contributed by atoms with van der Waals surface area (Å²) in [4.78, 5) is 16.6. The Bertz CT molecular complexity index is 1070. The fourth-order valence-electron chi connectivity index (χ4n) is 3.21. The molecule has 1 aromatic heterocycles. The number of ether oxygens (including phenoxy) is 1. The molecule has 6 heteroatoms. The van der Waals surface area contributed by atoms with Crippen molar-refractivity contribution in [3.05, 3.63) is 73.6 Å². The van der Waals surface area contributed by atoms with Gasteiger partial charge in [-0.2, -0.15) is 4.98 Å². The van der Waals surface area contributed by atoms with Gasteiger partial charge in [-0.25, -0.2) is 4.79 Å². The summed E-state index contributed by atoms with van der Waals surface area (Å²) in [6.07, 6.45) is 0.807. The van der Waals surface area contributed by atoms with E-state index in [0.29, 0.717) is 22.3 Å². The zero-order valence-electron chi connectivity index (χ0n) is 14.3. The fraction of sp³-hybridized carbons (Fsp3) is 0.200. The van der Waals surface area contributed by atoms with Crippen molar-refractivity contribution in [2.24, 2.45) is 0 Å². The lowest BCUT2D eigenvalue weighted by molar-refractivity contribution is 0.454. The van der Waals surface area contributed by atoms with Crippen LogP contribution in [-0.2, 0) is 13.0 Å². The van der Waals surface area contributed by atoms with E-state index in [1.54, 1.807) is 28.8 Å². The first-order chi connectivity index (χ1) is 12.4. The molecule has 26 heavy (non-hydrogen) atoms. The lowest BCUT2D eigenvalue weighted by Crippen LogP contribution is -2.28. The fourth-order valence-corrected chi connectivity index (χ4v) is 3.69. The Morgan fingerprint density at radius 3 is 2.50 bits per heavy atom. The molecule has 0 saturated heterocycles. The van der Waals surface area contributed by atoms with E-state index in [2.05, 4.69) is 31.0 Å². The lowest BCUT2D eigenvalue weighted by atomic mass is 9.93. The first-order valence-electron chi connectivity index (χ1n) is 8.28. The summed E-state index contributed by atoms with van der Waals surface area (Å²) in [6, 6.07) is 11.2. The van der Waals surface area contributed by atoms with Gasteiger partial charge in [0.2, 0.25) is 5.88 Å². The number of hydrogen-bond acceptors (Lipinski definition) is 3. The molecule has 1 aliphatic rings. The molecule has 3 aromatic rings. The van der Waals surface area contributed by atoms with E-state index in [9.17, 15) is 4.79 Å². The summed E-state index contributed by atoms with van der Waals surface area (Å²) >= 11 is 12.3. The van der Waals surface area contributed by atoms with Crippen LogP contribution < -0.4 is 10.4 Å². The van der Waals surface area contributed by atoms with Crippen LogP contribution >= 0.6 is 23.2 Å². The molecule has 0 bridgehead atoms. The molecule has 0 radical (unpaired) electrons. The van der Waals surface area contributed by atoms with Crippen LogP contribution in [0.2, 0.25) is 10.0 Å². The van der Waals surface area contributed by atoms with Crippen LogP contribution in [0.5, 0.6) is 11.6 Å². The second kappa shape index (κ2) is 6.45. The number of halogens is 2. The molecule has 0 atom stereocenters. The molecule has 0 amide bonds. The van der Waals surface area contributed by atoms with Crippen LogP contribution in [-0.4, -0.2) is 9.55 Å². The third kappa shape index (κ3) is 2.89. The highest BCUT2D eigenvalue weighted by molar-refractivity contribution is 6.37. The van der Waals surface area contributed by atoms with Crippen LogP contribution in [0.25, 0.3) is 11.3 Å². The Morgan fingerprint density at radius 2 is 1.77 bits per heavy atom. The third-order valence-corrected chi connectivity index (χ3v) is 5.31. The summed E-state index contributed by atoms with van der Waals surface area (Å²) in [7, 11) is 0. The Morgan fingerprint density at radius 1 is 1.08 bits per heavy atom. The van der Waals surface area contributed by atoms with Gasteiger partial charge in [0.05, 0.1) is 15.7 Å². The van der Waals surface area contributed by atoms with E-state index in [-0.39, 0.29) is 11.6 Å². The molecule has 132 valence electrons. The topological polar surface area (TPSA) is 44.1 Å². The Balaban J connectivity index is 1.85. The number of hydrogen-bond donors (Lipinski definition) is 0. The normalized spacial score (nSPS) is 12.5. The second-order valence-corrected chi connectivity index (χ2v) is 7.22. The minimum absolute atomic E-state index is 0.183. The van der Waals surface area contributed by atoms with Gasteiger partial charge in [-0.05, 0) is 55.2 Å². The molecule has 0 saturated carbocycles. The first-order valence-corrected chi connectivity index (χ1v) is 9.04. The average molecular weight is 387 g/mol. The molecule has 1 aliphatic heterocycles. The van der Waals surface area contributed by atoms with Crippen LogP contribution in [0.15, 0.2) is 41.2 Å². The Kier molecular flexibility index (Phi) is 4.25. The number of aryl methyl sites for hydroxylation is 3. The molecule has 2 heterocycles. The molecule has 4 rings (SSSR count). The highest BCUT2D eigenvalue weighted by Gasteiger charge is 2.20. The summed E-state index contributed by atoms with van der Waals surface area (Å²) in [5, 5.41) is 0.730. The monoisotopic (exact) mass is 386 g/mol. The third-order valence-electron chi connectivity index (χ3n) is 4.71. The molecule has 0 unspecified atom stereocenters. The number of rotatable bonds is 2. The number of nitrogens with zero attached hydrogens (tertiary/aromatic N) is 2. The molecule has 0 spiro atoms. The van der Waals surface area contributed by atoms with Gasteiger partial charge in [-0.15, -0.1) is 0 Å². The molecule has 2 aromatic carbocycles. The lowest BCUT2D eigenvalue weighted by Gasteiger charge is -2.23. The van der Waals surface area contributed by atoms with Gasteiger partial charge in [0.25, 0.3) is 0 Å². The Labute approximate surface area is 161 Å². The zero-order valence-corrected chi connectivity index (χ0v) is 15.9. The average Bonchev–Trinajstić information content (AvgIpc) is 2.59. The van der Waals surface area contributed by atoms with E-state index in [0.717, 1.165) is 17.7 Å². The minimum Gasteiger partial charge on any atom is -0.436 e. The van der Waals surface area contributed by atoms with E-state index in [1.807, 2.05) is 0 Å². The van der Waals surface area contributed by atoms with Crippen LogP contribution in [0, 0.1) is 13.8 Å². The predicted molar refractivity (Wildman–Crippen MR) is 104 cm³/mol. The van der Waals surface area contributed by atoms with Crippen molar-refractivity contribution in [1.29, 1.82) is 0 Å². The van der Waals surface area contributed by atoms with Crippen LogP contribution in [0.1, 0.15) is 16.7 Å². The summed E-state index contributed by atoms with van der Waals surface area (Å²) in [5.74, 6) is 0.478. The van der Waals surface area contributed by atoms with E-state index in [1.165, 1.54) is 16.7 Å². The number of para-hydroxylation sites is 1. The van der Waals surface area contributed by atoms with Crippen molar-refractivity contribution in [2.75, 3.05) is 0 Å². The highest BCUT2D eigenvalue weighted by Crippen LogP contribution is 2.37. The van der Waals surface area contributed by atoms with Gasteiger partial charge in [0.1, 0.15) is 0 Å². The van der Waals surface area contributed by atoms with Gasteiger partial charge in [0, 0.05) is 18.2 Å². The molecule has 4 nitrogen and oxygen atoms in total. The molecule has 0 fully saturated rings. The SMILES string of the molecule is Cc1cc2c(cc1C)-c1cc(Oc3c(Cl)cccc3Cl)nc(=O)n1CC2. The highest BCUT2D eigenvalue weighted by atomic mass is 35.5. The number of benzene rings is 2. The van der Waals surface area contributed by atoms with Crippen molar-refractivity contribution in [3.63, 3.8) is 0 Å². The maximum atomic E-state index is 12.5. The molecule has 0 N–H and O–H groups in total. The van der Waals surface area contributed by atoms with Gasteiger partial charge >= 0.3 is 5.69 Å². The van der Waals surface area contributed by atoms with E-state index < -0.39 is 0 Å². The quantitative estimate of drug-likeness (QED) is 0.609. The molecular formula is C20H16Cl2N2O2. The van der Waals surface area contributed by atoms with E-state index >= 15 is 0 Å². The maximum Gasteiger partial charge on any atom is 0.351 e. The summed E-state index contributed by atoms with van der Waals surface area (Å²) in [6.45, 7) is 4.76. The van der Waals surface area contributed by atoms with Crippen LogP contribution in [0.4, 0.5) is 0 Å². The van der Waals surface area contributed by atoms with Crippen molar-refractivity contribution >= 4 is 23.2 Å². The predicted octanol–water partition coefficient (Wildman–Crippen LogP) is 5.18. The van der Waals surface area contributed by atoms with Gasteiger partial charge in [0.15, 0.2) is 5.75 Å². The first kappa shape index (κ1) is 17.1. The summed E-state index contributed by atoms with van der Waals surface area (Å²) < 4.78 is 7.45. The van der Waals surface area contributed by atoms with Gasteiger partial charge in [-0.3, -0.25) is 4.57 Å². The number of aromatic nitrogens is 2. The minimum atomic E-state index is -0.343. The molecular weight excluding hydrogens is 371 g/mol. The van der Waals surface area contributed by atoms with Crippen molar-refractivity contribution in [3.8, 4) is 22.9 Å². The van der Waals surface area contributed by atoms with Crippen molar-refractivity contribution < 1.29 is 4.74 Å². The van der Waals surface area contributed by atoms with Crippen molar-refractivity contribution in [1.82, 2.24) is 9.55 Å². The van der Waals surface area contributed by atoms with Crippen molar-refractivity contribution in [2.45, 2.75) is 26.8 Å². The Hall–Kier alpha value is -2.30.